The third-order valence-corrected chi connectivity index (χ3v) is 4.19. The van der Waals surface area contributed by atoms with Gasteiger partial charge in [-0.1, -0.05) is 45.0 Å². The zero-order valence-corrected chi connectivity index (χ0v) is 13.3. The molecule has 1 atom stereocenters. The number of aromatic nitrogens is 1. The van der Waals surface area contributed by atoms with Crippen LogP contribution in [0.5, 0.6) is 0 Å². The van der Waals surface area contributed by atoms with E-state index in [1.165, 1.54) is 11.1 Å². The van der Waals surface area contributed by atoms with Gasteiger partial charge in [-0.05, 0) is 48.4 Å². The minimum absolute atomic E-state index is 0.0160. The van der Waals surface area contributed by atoms with Gasteiger partial charge in [0.2, 0.25) is 0 Å². The Morgan fingerprint density at radius 1 is 1.00 bits per heavy atom. The number of aryl methyl sites for hydroxylation is 1. The highest BCUT2D eigenvalue weighted by Gasteiger charge is 2.24. The van der Waals surface area contributed by atoms with E-state index in [-0.39, 0.29) is 5.41 Å². The quantitative estimate of drug-likeness (QED) is 0.838. The molecule has 2 rings (SSSR count). The number of hydrogen-bond donors (Lipinski definition) is 2. The first-order valence-corrected chi connectivity index (χ1v) is 7.16. The van der Waals surface area contributed by atoms with E-state index in [9.17, 15) is 5.11 Å². The van der Waals surface area contributed by atoms with Crippen LogP contribution in [0.1, 0.15) is 60.5 Å². The molecule has 0 saturated carbocycles. The van der Waals surface area contributed by atoms with E-state index >= 15 is 0 Å². The van der Waals surface area contributed by atoms with Gasteiger partial charge in [-0.2, -0.15) is 0 Å². The zero-order valence-electron chi connectivity index (χ0n) is 13.3. The van der Waals surface area contributed by atoms with Crippen molar-refractivity contribution in [3.63, 3.8) is 0 Å². The molecule has 0 bridgehead atoms. The van der Waals surface area contributed by atoms with Crippen molar-refractivity contribution in [1.29, 1.82) is 0 Å². The number of nitrogens with one attached hydrogen (secondary N) is 1. The molecule has 1 heterocycles. The van der Waals surface area contributed by atoms with Gasteiger partial charge in [0.05, 0.1) is 5.69 Å². The summed E-state index contributed by atoms with van der Waals surface area (Å²) in [5.41, 5.74) is 6.62. The van der Waals surface area contributed by atoms with Crippen molar-refractivity contribution in [2.75, 3.05) is 0 Å². The second-order valence-electron chi connectivity index (χ2n) is 6.65. The summed E-state index contributed by atoms with van der Waals surface area (Å²) in [6.45, 7) is 12.7. The molecule has 1 aromatic carbocycles. The second-order valence-corrected chi connectivity index (χ2v) is 6.65. The molecular weight excluding hydrogens is 246 g/mol. The summed E-state index contributed by atoms with van der Waals surface area (Å²) in [5, 5.41) is 10.8. The standard InChI is InChI=1S/C18H25NO/c1-11-12(2)16(19-13(11)3)17(20)14-9-7-8-10-15(14)18(4,5)6/h7-10,17,19-20H,1-6H3. The predicted octanol–water partition coefficient (Wildman–Crippen LogP) is 4.32. The molecule has 1 aromatic heterocycles. The maximum atomic E-state index is 10.8. The van der Waals surface area contributed by atoms with E-state index in [0.29, 0.717) is 0 Å². The van der Waals surface area contributed by atoms with Crippen LogP contribution in [0.4, 0.5) is 0 Å². The van der Waals surface area contributed by atoms with Crippen molar-refractivity contribution >= 4 is 0 Å². The molecule has 2 aromatic rings. The highest BCUT2D eigenvalue weighted by molar-refractivity contribution is 5.43. The molecule has 0 amide bonds. The van der Waals surface area contributed by atoms with Gasteiger partial charge in [-0.25, -0.2) is 0 Å². The number of benzene rings is 1. The lowest BCUT2D eigenvalue weighted by molar-refractivity contribution is 0.212. The summed E-state index contributed by atoms with van der Waals surface area (Å²) < 4.78 is 0. The van der Waals surface area contributed by atoms with E-state index in [1.54, 1.807) is 0 Å². The molecular formula is C18H25NO. The minimum Gasteiger partial charge on any atom is -0.382 e. The van der Waals surface area contributed by atoms with Gasteiger partial charge < -0.3 is 10.1 Å². The first-order valence-electron chi connectivity index (χ1n) is 7.16. The van der Waals surface area contributed by atoms with Crippen molar-refractivity contribution in [3.05, 3.63) is 57.9 Å². The van der Waals surface area contributed by atoms with Crippen LogP contribution in [-0.4, -0.2) is 10.1 Å². The fourth-order valence-corrected chi connectivity index (χ4v) is 2.72. The minimum atomic E-state index is -0.599. The van der Waals surface area contributed by atoms with Crippen LogP contribution < -0.4 is 0 Å². The molecule has 0 fully saturated rings. The third-order valence-electron chi connectivity index (χ3n) is 4.19. The van der Waals surface area contributed by atoms with Crippen molar-refractivity contribution in [1.82, 2.24) is 4.98 Å². The Kier molecular flexibility index (Phi) is 3.79. The number of aliphatic hydroxyl groups excluding tert-OH is 1. The summed E-state index contributed by atoms with van der Waals surface area (Å²) in [7, 11) is 0. The molecule has 20 heavy (non-hydrogen) atoms. The van der Waals surface area contributed by atoms with Gasteiger partial charge in [0.1, 0.15) is 6.10 Å². The van der Waals surface area contributed by atoms with Crippen molar-refractivity contribution < 1.29 is 5.11 Å². The SMILES string of the molecule is Cc1[nH]c(C(O)c2ccccc2C(C)(C)C)c(C)c1C. The largest absolute Gasteiger partial charge is 0.382 e. The number of aromatic amines is 1. The zero-order chi connectivity index (χ0) is 15.1. The Balaban J connectivity index is 2.54. The summed E-state index contributed by atoms with van der Waals surface area (Å²) in [6.07, 6.45) is -0.599. The predicted molar refractivity (Wildman–Crippen MR) is 84.2 cm³/mol. The average molecular weight is 271 g/mol. The van der Waals surface area contributed by atoms with Crippen LogP contribution in [0, 0.1) is 20.8 Å². The van der Waals surface area contributed by atoms with Crippen LogP contribution in [-0.2, 0) is 5.41 Å². The first kappa shape index (κ1) is 14.9. The smallest absolute Gasteiger partial charge is 0.119 e. The van der Waals surface area contributed by atoms with Gasteiger partial charge in [0.25, 0.3) is 0 Å². The molecule has 0 saturated heterocycles. The maximum Gasteiger partial charge on any atom is 0.119 e. The second kappa shape index (κ2) is 5.10. The fraction of sp³-hybridized carbons (Fsp3) is 0.444. The third kappa shape index (κ3) is 2.53. The van der Waals surface area contributed by atoms with Crippen LogP contribution in [0.15, 0.2) is 24.3 Å². The van der Waals surface area contributed by atoms with E-state index in [0.717, 1.165) is 22.5 Å². The topological polar surface area (TPSA) is 36.0 Å². The van der Waals surface area contributed by atoms with Gasteiger partial charge in [0, 0.05) is 5.69 Å². The van der Waals surface area contributed by atoms with Crippen LogP contribution >= 0.6 is 0 Å². The van der Waals surface area contributed by atoms with Gasteiger partial charge in [0.15, 0.2) is 0 Å². The molecule has 0 spiro atoms. The Hall–Kier alpha value is -1.54. The summed E-state index contributed by atoms with van der Waals surface area (Å²) in [4.78, 5) is 3.34. The first-order chi connectivity index (χ1) is 9.23. The molecule has 2 N–H and O–H groups in total. The number of rotatable bonds is 2. The number of aliphatic hydroxyl groups is 1. The molecule has 2 nitrogen and oxygen atoms in total. The molecule has 0 aliphatic rings. The van der Waals surface area contributed by atoms with Gasteiger partial charge >= 0.3 is 0 Å². The number of hydrogen-bond acceptors (Lipinski definition) is 1. The molecule has 0 aliphatic carbocycles. The van der Waals surface area contributed by atoms with Crippen molar-refractivity contribution in [3.8, 4) is 0 Å². The van der Waals surface area contributed by atoms with Crippen molar-refractivity contribution in [2.24, 2.45) is 0 Å². The van der Waals surface area contributed by atoms with E-state index < -0.39 is 6.10 Å². The molecule has 0 aliphatic heterocycles. The lowest BCUT2D eigenvalue weighted by atomic mass is 9.81. The monoisotopic (exact) mass is 271 g/mol. The lowest BCUT2D eigenvalue weighted by Gasteiger charge is -2.25. The Morgan fingerprint density at radius 2 is 1.60 bits per heavy atom. The highest BCUT2D eigenvalue weighted by atomic mass is 16.3. The van der Waals surface area contributed by atoms with Gasteiger partial charge in [-0.3, -0.25) is 0 Å². The summed E-state index contributed by atoms with van der Waals surface area (Å²) in [5.74, 6) is 0. The highest BCUT2D eigenvalue weighted by Crippen LogP contribution is 2.34. The van der Waals surface area contributed by atoms with Crippen LogP contribution in [0.3, 0.4) is 0 Å². The lowest BCUT2D eigenvalue weighted by Crippen LogP contribution is -2.17. The van der Waals surface area contributed by atoms with Gasteiger partial charge in [-0.15, -0.1) is 0 Å². The number of H-pyrrole nitrogens is 1. The molecule has 2 heteroatoms. The molecule has 0 radical (unpaired) electrons. The summed E-state index contributed by atoms with van der Waals surface area (Å²) >= 11 is 0. The fourth-order valence-electron chi connectivity index (χ4n) is 2.72. The van der Waals surface area contributed by atoms with Crippen LogP contribution in [0.2, 0.25) is 0 Å². The van der Waals surface area contributed by atoms with E-state index in [2.05, 4.69) is 45.7 Å². The normalized spacial score (nSPS) is 13.6. The van der Waals surface area contributed by atoms with Crippen LogP contribution in [0.25, 0.3) is 0 Å². The Morgan fingerprint density at radius 3 is 2.10 bits per heavy atom. The van der Waals surface area contributed by atoms with E-state index in [1.807, 2.05) is 25.1 Å². The average Bonchev–Trinajstić information content (AvgIpc) is 2.65. The maximum absolute atomic E-state index is 10.8. The molecule has 1 unspecified atom stereocenters. The summed E-state index contributed by atoms with van der Waals surface area (Å²) in [6, 6.07) is 8.16. The Bertz CT molecular complexity index is 617. The molecule has 108 valence electrons. The van der Waals surface area contributed by atoms with E-state index in [4.69, 9.17) is 0 Å². The van der Waals surface area contributed by atoms with Crippen molar-refractivity contribution in [2.45, 2.75) is 53.1 Å². The Labute approximate surface area is 121 Å².